The van der Waals surface area contributed by atoms with Gasteiger partial charge < -0.3 is 10.2 Å². The van der Waals surface area contributed by atoms with Crippen LogP contribution in [0.4, 0.5) is 10.2 Å². The number of rotatable bonds is 5. The molecule has 0 bridgehead atoms. The van der Waals surface area contributed by atoms with Crippen LogP contribution in [0.2, 0.25) is 0 Å². The molecule has 0 saturated carbocycles. The van der Waals surface area contributed by atoms with Crippen LogP contribution in [0.15, 0.2) is 48.8 Å². The molecule has 27 heavy (non-hydrogen) atoms. The monoisotopic (exact) mass is 365 g/mol. The van der Waals surface area contributed by atoms with Gasteiger partial charge in [0, 0.05) is 30.4 Å². The summed E-state index contributed by atoms with van der Waals surface area (Å²) in [5, 5.41) is 7.27. The molecule has 1 aliphatic heterocycles. The molecule has 138 valence electrons. The molecule has 0 radical (unpaired) electrons. The van der Waals surface area contributed by atoms with Gasteiger partial charge in [-0.1, -0.05) is 12.1 Å². The first-order valence-corrected chi connectivity index (χ1v) is 8.91. The zero-order chi connectivity index (χ0) is 18.8. The van der Waals surface area contributed by atoms with Gasteiger partial charge in [-0.15, -0.1) is 0 Å². The maximum atomic E-state index is 13.1. The number of benzene rings is 1. The van der Waals surface area contributed by atoms with Gasteiger partial charge in [-0.3, -0.25) is 9.48 Å². The van der Waals surface area contributed by atoms with Gasteiger partial charge >= 0.3 is 0 Å². The van der Waals surface area contributed by atoms with E-state index in [1.165, 1.54) is 12.1 Å². The summed E-state index contributed by atoms with van der Waals surface area (Å²) < 4.78 is 15.0. The van der Waals surface area contributed by atoms with Gasteiger partial charge in [0.25, 0.3) is 5.91 Å². The van der Waals surface area contributed by atoms with Crippen LogP contribution >= 0.6 is 0 Å². The fourth-order valence-electron chi connectivity index (χ4n) is 3.26. The minimum atomic E-state index is -0.242. The van der Waals surface area contributed by atoms with Crippen molar-refractivity contribution >= 4 is 11.7 Å². The average Bonchev–Trinajstić information content (AvgIpc) is 3.26. The van der Waals surface area contributed by atoms with Crippen LogP contribution in [-0.4, -0.2) is 27.2 Å². The Morgan fingerprint density at radius 3 is 2.81 bits per heavy atom. The molecular weight excluding hydrogens is 345 g/mol. The van der Waals surface area contributed by atoms with E-state index in [0.29, 0.717) is 31.7 Å². The Morgan fingerprint density at radius 1 is 1.22 bits per heavy atom. The molecule has 0 fully saturated rings. The van der Waals surface area contributed by atoms with Gasteiger partial charge in [0.05, 0.1) is 25.0 Å². The lowest BCUT2D eigenvalue weighted by molar-refractivity contribution is 0.0955. The summed E-state index contributed by atoms with van der Waals surface area (Å²) in [7, 11) is 0. The van der Waals surface area contributed by atoms with Crippen LogP contribution in [0.5, 0.6) is 0 Å². The summed E-state index contributed by atoms with van der Waals surface area (Å²) in [5.41, 5.74) is 3.86. The number of nitrogens with zero attached hydrogens (tertiary/aromatic N) is 4. The second-order valence-electron chi connectivity index (χ2n) is 6.52. The quantitative estimate of drug-likeness (QED) is 0.755. The Labute approximate surface area is 156 Å². The zero-order valence-electron chi connectivity index (χ0n) is 15.0. The molecule has 0 atom stereocenters. The summed E-state index contributed by atoms with van der Waals surface area (Å²) in [6, 6.07) is 9.99. The van der Waals surface area contributed by atoms with E-state index >= 15 is 0 Å². The molecule has 0 saturated heterocycles. The molecule has 2 aromatic heterocycles. The van der Waals surface area contributed by atoms with Crippen molar-refractivity contribution in [3.63, 3.8) is 0 Å². The fraction of sp³-hybridized carbons (Fsp3) is 0.250. The minimum absolute atomic E-state index is 0.0969. The molecule has 3 aromatic rings. The van der Waals surface area contributed by atoms with Gasteiger partial charge in [-0.2, -0.15) is 5.10 Å². The van der Waals surface area contributed by atoms with Gasteiger partial charge in [-0.25, -0.2) is 9.37 Å². The molecule has 3 heterocycles. The third-order valence-corrected chi connectivity index (χ3v) is 4.65. The standard InChI is InChI=1S/C20H20FN5O/c1-2-22-20(27)15-7-8-23-19(9-15)25-12-16-10-24-26(18(16)13-25)11-14-3-5-17(21)6-4-14/h3-10H,2,11-13H2,1H3,(H,22,27). The molecule has 0 aliphatic carbocycles. The number of pyridine rings is 1. The van der Waals surface area contributed by atoms with Crippen LogP contribution in [0.25, 0.3) is 0 Å². The molecule has 1 aliphatic rings. The number of halogens is 1. The van der Waals surface area contributed by atoms with Gasteiger partial charge in [0.15, 0.2) is 0 Å². The molecule has 6 nitrogen and oxygen atoms in total. The normalized spacial score (nSPS) is 12.9. The van der Waals surface area contributed by atoms with Crippen LogP contribution in [-0.2, 0) is 19.6 Å². The third-order valence-electron chi connectivity index (χ3n) is 4.65. The maximum Gasteiger partial charge on any atom is 0.251 e. The first-order chi connectivity index (χ1) is 13.1. The van der Waals surface area contributed by atoms with Crippen molar-refractivity contribution < 1.29 is 9.18 Å². The van der Waals surface area contributed by atoms with E-state index in [-0.39, 0.29) is 11.7 Å². The van der Waals surface area contributed by atoms with Crippen LogP contribution in [0, 0.1) is 5.82 Å². The second kappa shape index (κ2) is 7.19. The molecule has 0 spiro atoms. The smallest absolute Gasteiger partial charge is 0.251 e. The number of carbonyl (C=O) groups excluding carboxylic acids is 1. The number of fused-ring (bicyclic) bond motifs is 1. The molecule has 1 N–H and O–H groups in total. The molecular formula is C20H20FN5O. The lowest BCUT2D eigenvalue weighted by Crippen LogP contribution is -2.24. The predicted octanol–water partition coefficient (Wildman–Crippen LogP) is 2.74. The van der Waals surface area contributed by atoms with E-state index < -0.39 is 0 Å². The Morgan fingerprint density at radius 2 is 2.04 bits per heavy atom. The van der Waals surface area contributed by atoms with E-state index in [2.05, 4.69) is 20.3 Å². The number of aromatic nitrogens is 3. The summed E-state index contributed by atoms with van der Waals surface area (Å²) >= 11 is 0. The number of amides is 1. The average molecular weight is 365 g/mol. The van der Waals surface area contributed by atoms with Crippen LogP contribution in [0.3, 0.4) is 0 Å². The van der Waals surface area contributed by atoms with Crippen LogP contribution < -0.4 is 10.2 Å². The van der Waals surface area contributed by atoms with Gasteiger partial charge in [0.1, 0.15) is 11.6 Å². The predicted molar refractivity (Wildman–Crippen MR) is 99.9 cm³/mol. The van der Waals surface area contributed by atoms with Crippen molar-refractivity contribution in [3.05, 3.63) is 77.0 Å². The fourth-order valence-corrected chi connectivity index (χ4v) is 3.26. The zero-order valence-corrected chi connectivity index (χ0v) is 15.0. The molecule has 1 aromatic carbocycles. The number of nitrogens with one attached hydrogen (secondary N) is 1. The minimum Gasteiger partial charge on any atom is -0.352 e. The van der Waals surface area contributed by atoms with Crippen molar-refractivity contribution in [2.24, 2.45) is 0 Å². The summed E-state index contributed by atoms with van der Waals surface area (Å²) in [4.78, 5) is 18.6. The van der Waals surface area contributed by atoms with E-state index in [1.807, 2.05) is 23.9 Å². The molecule has 1 amide bonds. The lowest BCUT2D eigenvalue weighted by Gasteiger charge is -2.18. The highest BCUT2D eigenvalue weighted by atomic mass is 19.1. The number of hydrogen-bond acceptors (Lipinski definition) is 4. The maximum absolute atomic E-state index is 13.1. The highest BCUT2D eigenvalue weighted by Crippen LogP contribution is 2.27. The summed E-state index contributed by atoms with van der Waals surface area (Å²) in [5.74, 6) is 0.428. The molecule has 4 rings (SSSR count). The lowest BCUT2D eigenvalue weighted by atomic mass is 10.2. The highest BCUT2D eigenvalue weighted by Gasteiger charge is 2.25. The van der Waals surface area contributed by atoms with E-state index in [0.717, 1.165) is 22.6 Å². The second-order valence-corrected chi connectivity index (χ2v) is 6.52. The number of carbonyl (C=O) groups is 1. The SMILES string of the molecule is CCNC(=O)c1ccnc(N2Cc3cnn(Cc4ccc(F)cc4)c3C2)c1. The Bertz CT molecular complexity index is 967. The van der Waals surface area contributed by atoms with Crippen molar-refractivity contribution in [1.29, 1.82) is 0 Å². The van der Waals surface area contributed by atoms with E-state index in [1.54, 1.807) is 24.4 Å². The highest BCUT2D eigenvalue weighted by molar-refractivity contribution is 5.94. The van der Waals surface area contributed by atoms with Crippen LogP contribution in [0.1, 0.15) is 34.1 Å². The van der Waals surface area contributed by atoms with E-state index in [4.69, 9.17) is 0 Å². The Balaban J connectivity index is 1.52. The first kappa shape index (κ1) is 17.2. The number of hydrogen-bond donors (Lipinski definition) is 1. The van der Waals surface area contributed by atoms with Crippen molar-refractivity contribution in [1.82, 2.24) is 20.1 Å². The van der Waals surface area contributed by atoms with Gasteiger partial charge in [-0.05, 0) is 36.8 Å². The number of anilines is 1. The Hall–Kier alpha value is -3.22. The van der Waals surface area contributed by atoms with E-state index in [9.17, 15) is 9.18 Å². The summed E-state index contributed by atoms with van der Waals surface area (Å²) in [6.07, 6.45) is 3.53. The van der Waals surface area contributed by atoms with Crippen molar-refractivity contribution in [2.45, 2.75) is 26.6 Å². The first-order valence-electron chi connectivity index (χ1n) is 8.91. The molecule has 7 heteroatoms. The topological polar surface area (TPSA) is 63.1 Å². The van der Waals surface area contributed by atoms with Crippen molar-refractivity contribution in [3.8, 4) is 0 Å². The van der Waals surface area contributed by atoms with Gasteiger partial charge in [0.2, 0.25) is 0 Å². The third kappa shape index (κ3) is 3.53. The molecule has 0 unspecified atom stereocenters. The largest absolute Gasteiger partial charge is 0.352 e. The Kier molecular flexibility index (Phi) is 4.58. The summed E-state index contributed by atoms with van der Waals surface area (Å²) in [6.45, 7) is 4.44. The van der Waals surface area contributed by atoms with Crippen molar-refractivity contribution in [2.75, 3.05) is 11.4 Å².